The Kier molecular flexibility index (Phi) is 7.55. The quantitative estimate of drug-likeness (QED) is 0.350. The van der Waals surface area contributed by atoms with E-state index in [4.69, 9.17) is 0 Å². The molecule has 0 atom stereocenters. The second kappa shape index (κ2) is 8.75. The van der Waals surface area contributed by atoms with Crippen molar-refractivity contribution >= 4 is 17.2 Å². The largest absolute Gasteiger partial charge is 0.409 e. The van der Waals surface area contributed by atoms with Gasteiger partial charge in [-0.25, -0.2) is 0 Å². The van der Waals surface area contributed by atoms with Crippen LogP contribution in [-0.2, 0) is 50.8 Å². The maximum Gasteiger partial charge on any atom is 0.0685 e. The molecule has 0 bridgehead atoms. The van der Waals surface area contributed by atoms with Gasteiger partial charge in [0.05, 0.1) is 11.7 Å². The maximum absolute atomic E-state index is 12.4. The Bertz CT molecular complexity index is 983. The Balaban J connectivity index is 0.000000755. The van der Waals surface area contributed by atoms with Crippen LogP contribution in [-0.4, -0.2) is 15.8 Å². The minimum atomic E-state index is -0.341. The van der Waals surface area contributed by atoms with E-state index in [0.717, 1.165) is 22.5 Å². The van der Waals surface area contributed by atoms with Crippen LogP contribution in [0, 0.1) is 13.1 Å². The van der Waals surface area contributed by atoms with Crippen LogP contribution in [0.2, 0.25) is 0 Å². The third kappa shape index (κ3) is 3.44. The molecule has 4 nitrogen and oxygen atoms in total. The second-order valence-electron chi connectivity index (χ2n) is 5.16. The Labute approximate surface area is 172 Å². The molecule has 4 rings (SSSR count). The van der Waals surface area contributed by atoms with Crippen molar-refractivity contribution in [2.75, 3.05) is 0 Å². The molecule has 2 aromatic heterocycles. The fourth-order valence-corrected chi connectivity index (χ4v) is 2.97. The van der Waals surface area contributed by atoms with Crippen LogP contribution in [0.1, 0.15) is 36.4 Å². The van der Waals surface area contributed by atoms with Crippen LogP contribution < -0.4 is 5.43 Å². The van der Waals surface area contributed by atoms with E-state index < -0.39 is 0 Å². The predicted molar refractivity (Wildman–Crippen MR) is 89.9 cm³/mol. The van der Waals surface area contributed by atoms with Crippen molar-refractivity contribution in [2.45, 2.75) is 27.2 Å². The van der Waals surface area contributed by atoms with Crippen molar-refractivity contribution in [1.29, 1.82) is 0 Å². The first kappa shape index (κ1) is 21.6. The van der Waals surface area contributed by atoms with Crippen LogP contribution in [0.25, 0.3) is 16.6 Å². The number of nitrogens with zero attached hydrogens (tertiary/aromatic N) is 2. The molecule has 1 radical (unpaired) electrons. The topological polar surface area (TPSA) is 52.0 Å². The molecule has 1 aromatic carbocycles. The van der Waals surface area contributed by atoms with E-state index in [1.54, 1.807) is 6.29 Å². The standard InChI is InChI=1S/C17H10N2O2.C2H6.V.W/c1-10-6-15-12(8-18-10)17(21)13(9-20)16-7-11-4-2-3-5-14(11)19(15)16;1-2;;/h2-6H,7H2,1H3;1-2H3;;/q-2;;;. The van der Waals surface area contributed by atoms with Crippen molar-refractivity contribution in [3.63, 3.8) is 0 Å². The van der Waals surface area contributed by atoms with Crippen molar-refractivity contribution in [3.05, 3.63) is 69.3 Å². The van der Waals surface area contributed by atoms with Crippen molar-refractivity contribution in [2.24, 2.45) is 0 Å². The average Bonchev–Trinajstić information content (AvgIpc) is 2.96. The van der Waals surface area contributed by atoms with Gasteiger partial charge in [0.15, 0.2) is 0 Å². The van der Waals surface area contributed by atoms with Gasteiger partial charge < -0.3 is 19.1 Å². The molecule has 0 amide bonds. The molecule has 0 saturated heterocycles. The van der Waals surface area contributed by atoms with Gasteiger partial charge in [0.2, 0.25) is 0 Å². The second-order valence-corrected chi connectivity index (χ2v) is 5.16. The molecule has 0 aliphatic carbocycles. The summed E-state index contributed by atoms with van der Waals surface area (Å²) in [5.41, 5.74) is 4.05. The molecule has 0 N–H and O–H groups in total. The summed E-state index contributed by atoms with van der Waals surface area (Å²) < 4.78 is 1.96. The summed E-state index contributed by atoms with van der Waals surface area (Å²) >= 11 is 0. The van der Waals surface area contributed by atoms with Crippen molar-refractivity contribution < 1.29 is 44.4 Å². The number of para-hydroxylation sites is 1. The average molecular weight is 539 g/mol. The summed E-state index contributed by atoms with van der Waals surface area (Å²) in [7, 11) is 0. The molecule has 0 saturated carbocycles. The molecule has 0 fully saturated rings. The van der Waals surface area contributed by atoms with Gasteiger partial charge in [-0.2, -0.15) is 0 Å². The van der Waals surface area contributed by atoms with Crippen LogP contribution in [0.3, 0.4) is 0 Å². The number of aromatic nitrogens is 2. The van der Waals surface area contributed by atoms with Gasteiger partial charge in [-0.3, -0.25) is 0 Å². The smallest absolute Gasteiger partial charge is 0.0685 e. The van der Waals surface area contributed by atoms with E-state index in [0.29, 0.717) is 17.5 Å². The number of rotatable bonds is 1. The first-order valence-corrected chi connectivity index (χ1v) is 7.64. The molecule has 3 aromatic rings. The van der Waals surface area contributed by atoms with E-state index in [-0.39, 0.29) is 50.6 Å². The van der Waals surface area contributed by atoms with Crippen molar-refractivity contribution in [1.82, 2.24) is 9.55 Å². The van der Waals surface area contributed by atoms with Gasteiger partial charge in [-0.05, 0) is 35.5 Å². The number of hydrogen-bond donors (Lipinski definition) is 0. The molecule has 1 aliphatic rings. The summed E-state index contributed by atoms with van der Waals surface area (Å²) in [5.74, 6) is 0. The van der Waals surface area contributed by atoms with Crippen molar-refractivity contribution in [3.8, 4) is 5.69 Å². The number of pyridine rings is 2. The van der Waals surface area contributed by atoms with Gasteiger partial charge in [0, 0.05) is 45.3 Å². The summed E-state index contributed by atoms with van der Waals surface area (Å²) in [6, 6.07) is 9.74. The molecule has 1 aliphatic heterocycles. The Morgan fingerprint density at radius 2 is 1.92 bits per heavy atom. The van der Waals surface area contributed by atoms with E-state index in [9.17, 15) is 9.59 Å². The van der Waals surface area contributed by atoms with Gasteiger partial charge in [-0.1, -0.05) is 55.6 Å². The van der Waals surface area contributed by atoms with E-state index in [1.165, 1.54) is 0 Å². The number of fused-ring (bicyclic) bond motifs is 5. The van der Waals surface area contributed by atoms with Crippen LogP contribution in [0.15, 0.2) is 35.1 Å². The van der Waals surface area contributed by atoms with Crippen LogP contribution in [0.5, 0.6) is 0 Å². The summed E-state index contributed by atoms with van der Waals surface area (Å²) in [5, 5.41) is 0.333. The molecule has 0 unspecified atom stereocenters. The Morgan fingerprint density at radius 3 is 2.60 bits per heavy atom. The van der Waals surface area contributed by atoms with Crippen LogP contribution in [0.4, 0.5) is 0 Å². The Hall–Kier alpha value is -1.48. The summed E-state index contributed by atoms with van der Waals surface area (Å²) in [6.07, 6.45) is 5.13. The number of aryl methyl sites for hydroxylation is 1. The first-order chi connectivity index (χ1) is 11.2. The normalized spacial score (nSPS) is 10.5. The molecule has 6 heteroatoms. The third-order valence-corrected chi connectivity index (χ3v) is 3.89. The number of hydrogen-bond acceptors (Lipinski definition) is 3. The summed E-state index contributed by atoms with van der Waals surface area (Å²) in [6.45, 7) is 5.86. The summed E-state index contributed by atoms with van der Waals surface area (Å²) in [4.78, 5) is 27.8. The maximum atomic E-state index is 12.4. The van der Waals surface area contributed by atoms with E-state index >= 15 is 0 Å². The zero-order valence-corrected chi connectivity index (χ0v) is 18.5. The SMILES string of the molecule is CC.Cc1cc2c([c-]n1)c(=O)c([C-]=O)c1n2-c2ccccc2C1.[V].[W]. The van der Waals surface area contributed by atoms with Gasteiger partial charge in [0.1, 0.15) is 0 Å². The molecule has 25 heavy (non-hydrogen) atoms. The van der Waals surface area contributed by atoms with E-state index in [1.807, 2.05) is 55.7 Å². The van der Waals surface area contributed by atoms with Gasteiger partial charge >= 0.3 is 0 Å². The van der Waals surface area contributed by atoms with Crippen LogP contribution >= 0.6 is 0 Å². The fourth-order valence-electron chi connectivity index (χ4n) is 2.97. The first-order valence-electron chi connectivity index (χ1n) is 7.64. The van der Waals surface area contributed by atoms with Gasteiger partial charge in [0.25, 0.3) is 0 Å². The fraction of sp³-hybridized carbons (Fsp3) is 0.211. The predicted octanol–water partition coefficient (Wildman–Crippen LogP) is 2.88. The molecular weight excluding hydrogens is 523 g/mol. The van der Waals surface area contributed by atoms with E-state index in [2.05, 4.69) is 11.2 Å². The monoisotopic (exact) mass is 539 g/mol. The molecule has 3 heterocycles. The minimum absolute atomic E-state index is 0. The van der Waals surface area contributed by atoms with Gasteiger partial charge in [-0.15, -0.1) is 6.07 Å². The Morgan fingerprint density at radius 1 is 1.24 bits per heavy atom. The molecular formula is C19H16N2O2VW-2. The molecule has 0 spiro atoms. The zero-order chi connectivity index (χ0) is 16.6. The zero-order valence-electron chi connectivity index (χ0n) is 14.2. The third-order valence-electron chi connectivity index (χ3n) is 3.89. The number of benzene rings is 1. The molecule has 127 valence electrons. The minimum Gasteiger partial charge on any atom is -0.409 e. The number of carbonyl (C=O) groups excluding carboxylic acids is 1.